The molecule has 0 spiro atoms. The summed E-state index contributed by atoms with van der Waals surface area (Å²) in [6.07, 6.45) is 3.50. The van der Waals surface area contributed by atoms with Gasteiger partial charge in [0.05, 0.1) is 20.6 Å². The summed E-state index contributed by atoms with van der Waals surface area (Å²) >= 11 is 1.45. The number of hydrogen-bond donors (Lipinski definition) is 3. The number of carbonyl (C=O) groups excluding carboxylic acids is 2. The summed E-state index contributed by atoms with van der Waals surface area (Å²) in [5.74, 6) is -1.43. The van der Waals surface area contributed by atoms with Gasteiger partial charge in [-0.25, -0.2) is 4.79 Å². The first kappa shape index (κ1) is 23.7. The van der Waals surface area contributed by atoms with Crippen molar-refractivity contribution in [2.75, 3.05) is 32.9 Å². The maximum atomic E-state index is 11.8. The second kappa shape index (κ2) is 8.91. The van der Waals surface area contributed by atoms with E-state index < -0.39 is 17.9 Å². The number of nitrogens with two attached hydrogens (primary N) is 2. The van der Waals surface area contributed by atoms with Gasteiger partial charge in [0.25, 0.3) is 5.91 Å². The summed E-state index contributed by atoms with van der Waals surface area (Å²) < 4.78 is 0.366. The summed E-state index contributed by atoms with van der Waals surface area (Å²) in [6, 6.07) is -0.633. The molecule has 142 valence electrons. The van der Waals surface area contributed by atoms with Crippen LogP contribution in [-0.4, -0.2) is 76.6 Å². The van der Waals surface area contributed by atoms with Gasteiger partial charge < -0.3 is 33.5 Å². The molecule has 1 fully saturated rings. The molecule has 0 aromatic heterocycles. The highest BCUT2D eigenvalue weighted by atomic mass is 35.5. The molecule has 8 nitrogen and oxygen atoms in total. The summed E-state index contributed by atoms with van der Waals surface area (Å²) in [4.78, 5) is 35.6. The lowest BCUT2D eigenvalue weighted by atomic mass is 10.0. The molecule has 2 aliphatic heterocycles. The van der Waals surface area contributed by atoms with E-state index in [1.165, 1.54) is 16.7 Å². The quantitative estimate of drug-likeness (QED) is 0.302. The molecule has 0 aromatic rings. The number of quaternary nitrogens is 1. The maximum Gasteiger partial charge on any atom is 0.352 e. The van der Waals surface area contributed by atoms with Gasteiger partial charge in [-0.05, 0) is 11.6 Å². The molecule has 0 unspecified atom stereocenters. The number of nitrogens with zero attached hydrogens (tertiary/aromatic N) is 2. The lowest BCUT2D eigenvalue weighted by Gasteiger charge is -2.47. The highest BCUT2D eigenvalue weighted by Crippen LogP contribution is 2.39. The number of likely N-dealkylation sites (N-methyl/N-ethyl adjacent to an activating group) is 1. The molecule has 2 aliphatic rings. The van der Waals surface area contributed by atoms with E-state index in [0.29, 0.717) is 22.4 Å². The molecule has 2 atom stereocenters. The van der Waals surface area contributed by atoms with Gasteiger partial charge in [-0.3, -0.25) is 14.5 Å². The molecular weight excluding hydrogens is 391 g/mol. The maximum absolute atomic E-state index is 11.8. The Hall–Kier alpha value is -1.26. The fourth-order valence-corrected chi connectivity index (χ4v) is 3.90. The van der Waals surface area contributed by atoms with E-state index >= 15 is 0 Å². The van der Waals surface area contributed by atoms with E-state index in [2.05, 4.69) is 0 Å². The first-order chi connectivity index (χ1) is 10.6. The number of β-lactam (4-membered cyclic amide) rings is 1. The summed E-state index contributed by atoms with van der Waals surface area (Å²) in [6.45, 7) is 0.701. The summed E-state index contributed by atoms with van der Waals surface area (Å²) in [5, 5.41) is 9.11. The van der Waals surface area contributed by atoms with Gasteiger partial charge in [0, 0.05) is 5.75 Å². The number of thioether (sulfide) groups is 1. The standard InChI is InChI=1S/C14H20N4O4S.2ClH/c1-18(2,6-9(15)19)5-3-4-8-7-23-13-10(16)12(20)17(13)11(8)14(21)22;;/h3-4,10,13H,5-7,16H2,1-2H3,(H2-,15,19,21,22);2*1H/t10-,13-;;/m1../s1. The van der Waals surface area contributed by atoms with Crippen LogP contribution < -0.4 is 23.9 Å². The van der Waals surface area contributed by atoms with Gasteiger partial charge in [-0.15, -0.1) is 24.2 Å². The number of amides is 2. The fourth-order valence-electron chi connectivity index (χ4n) is 2.63. The van der Waals surface area contributed by atoms with Crippen LogP contribution in [0.4, 0.5) is 0 Å². The Labute approximate surface area is 162 Å². The number of carboxylic acids is 1. The number of hydrogen-bond acceptors (Lipinski definition) is 5. The van der Waals surface area contributed by atoms with E-state index in [1.54, 1.807) is 12.2 Å². The molecule has 25 heavy (non-hydrogen) atoms. The number of aliphatic carboxylic acids is 1. The monoisotopic (exact) mass is 412 g/mol. The van der Waals surface area contributed by atoms with Crippen molar-refractivity contribution < 1.29 is 36.4 Å². The molecule has 0 saturated carbocycles. The third-order valence-electron chi connectivity index (χ3n) is 3.74. The predicted octanol–water partition coefficient (Wildman–Crippen LogP) is -3.89. The third-order valence-corrected chi connectivity index (χ3v) is 5.07. The number of rotatable bonds is 6. The van der Waals surface area contributed by atoms with E-state index in [1.807, 2.05) is 14.1 Å². The van der Waals surface area contributed by atoms with Crippen molar-refractivity contribution in [2.24, 2.45) is 11.5 Å². The molecule has 2 rings (SSSR count). The van der Waals surface area contributed by atoms with Gasteiger partial charge >= 0.3 is 5.97 Å². The highest BCUT2D eigenvalue weighted by molar-refractivity contribution is 8.00. The molecule has 2 amide bonds. The molecule has 5 N–H and O–H groups in total. The van der Waals surface area contributed by atoms with E-state index in [9.17, 15) is 19.5 Å². The van der Waals surface area contributed by atoms with Crippen LogP contribution in [0.5, 0.6) is 0 Å². The Bertz CT molecular complexity index is 624. The zero-order valence-corrected chi connectivity index (χ0v) is 16.2. The van der Waals surface area contributed by atoms with E-state index in [-0.39, 0.29) is 48.3 Å². The van der Waals surface area contributed by atoms with Crippen LogP contribution >= 0.6 is 24.2 Å². The molecule has 2 heterocycles. The largest absolute Gasteiger partial charge is 1.00 e. The highest BCUT2D eigenvalue weighted by Gasteiger charge is 2.51. The molecule has 11 heteroatoms. The van der Waals surface area contributed by atoms with E-state index in [0.717, 1.165) is 0 Å². The first-order valence-corrected chi connectivity index (χ1v) is 8.12. The Morgan fingerprint density at radius 2 is 2.04 bits per heavy atom. The average molecular weight is 413 g/mol. The second-order valence-electron chi connectivity index (χ2n) is 6.26. The smallest absolute Gasteiger partial charge is 0.352 e. The van der Waals surface area contributed by atoms with Crippen molar-refractivity contribution in [3.63, 3.8) is 0 Å². The van der Waals surface area contributed by atoms with Crippen molar-refractivity contribution in [2.45, 2.75) is 11.4 Å². The molecule has 0 radical (unpaired) electrons. The van der Waals surface area contributed by atoms with Crippen LogP contribution in [0.3, 0.4) is 0 Å². The van der Waals surface area contributed by atoms with Crippen molar-refractivity contribution in [3.8, 4) is 0 Å². The van der Waals surface area contributed by atoms with Gasteiger partial charge in [0.2, 0.25) is 5.91 Å². The van der Waals surface area contributed by atoms with Crippen LogP contribution in [0.25, 0.3) is 0 Å². The number of halogens is 2. The topological polar surface area (TPSA) is 127 Å². The number of allylic oxidation sites excluding steroid dienone is 1. The number of fused-ring (bicyclic) bond motifs is 1. The molecular formula is C14H22Cl2N4O4S. The minimum atomic E-state index is -1.14. The SMILES string of the molecule is C[N+](C)(CC=CC1=C(C(=O)O)N2C(=O)[C@@H](N)[C@H]2SC1)CC(N)=O.Cl.[Cl-]. The van der Waals surface area contributed by atoms with Crippen LogP contribution in [-0.2, 0) is 14.4 Å². The van der Waals surface area contributed by atoms with Gasteiger partial charge in [0.1, 0.15) is 17.1 Å². The minimum absolute atomic E-state index is 0. The average Bonchev–Trinajstić information content (AvgIpc) is 2.43. The van der Waals surface area contributed by atoms with Gasteiger partial charge in [0.15, 0.2) is 6.54 Å². The minimum Gasteiger partial charge on any atom is -1.00 e. The summed E-state index contributed by atoms with van der Waals surface area (Å²) in [7, 11) is 3.70. The van der Waals surface area contributed by atoms with Crippen LogP contribution in [0.1, 0.15) is 0 Å². The van der Waals surface area contributed by atoms with Crippen molar-refractivity contribution in [1.82, 2.24) is 4.90 Å². The van der Waals surface area contributed by atoms with Gasteiger partial charge in [-0.2, -0.15) is 0 Å². The first-order valence-electron chi connectivity index (χ1n) is 7.07. The lowest BCUT2D eigenvalue weighted by Crippen LogP contribution is -3.00. The Morgan fingerprint density at radius 1 is 1.44 bits per heavy atom. The Balaban J connectivity index is 0.00000288. The molecule has 0 bridgehead atoms. The van der Waals surface area contributed by atoms with Gasteiger partial charge in [-0.1, -0.05) is 6.08 Å². The van der Waals surface area contributed by atoms with Crippen LogP contribution in [0, 0.1) is 0 Å². The molecule has 0 aliphatic carbocycles. The number of carboxylic acid groups (broad SMARTS) is 1. The van der Waals surface area contributed by atoms with Crippen molar-refractivity contribution in [1.29, 1.82) is 0 Å². The third kappa shape index (κ3) is 5.11. The normalized spacial score (nSPS) is 22.7. The van der Waals surface area contributed by atoms with Crippen LogP contribution in [0.15, 0.2) is 23.4 Å². The van der Waals surface area contributed by atoms with Crippen molar-refractivity contribution in [3.05, 3.63) is 23.4 Å². The Kier molecular flexibility index (Phi) is 8.46. The second-order valence-corrected chi connectivity index (χ2v) is 7.36. The number of carbonyl (C=O) groups is 3. The van der Waals surface area contributed by atoms with Crippen molar-refractivity contribution >= 4 is 42.0 Å². The lowest BCUT2D eigenvalue weighted by molar-refractivity contribution is -0.876. The Morgan fingerprint density at radius 3 is 2.56 bits per heavy atom. The van der Waals surface area contributed by atoms with E-state index in [4.69, 9.17) is 11.5 Å². The number of primary amides is 1. The molecule has 0 aromatic carbocycles. The predicted molar refractivity (Wildman–Crippen MR) is 93.2 cm³/mol. The van der Waals surface area contributed by atoms with Crippen LogP contribution in [0.2, 0.25) is 0 Å². The fraction of sp³-hybridized carbons (Fsp3) is 0.500. The zero-order valence-electron chi connectivity index (χ0n) is 13.8. The summed E-state index contributed by atoms with van der Waals surface area (Å²) in [5.41, 5.74) is 11.5. The molecule has 1 saturated heterocycles. The zero-order chi connectivity index (χ0) is 17.4.